The number of rotatable bonds is 46. The van der Waals surface area contributed by atoms with Gasteiger partial charge in [0, 0.05) is 13.0 Å². The van der Waals surface area contributed by atoms with E-state index < -0.39 is 63.1 Å². The minimum absolute atomic E-state index is 0.121. The molecule has 0 saturated heterocycles. The first-order chi connectivity index (χ1) is 34.0. The number of aliphatic hydroxyl groups is 5. The van der Waals surface area contributed by atoms with Crippen molar-refractivity contribution in [2.75, 3.05) is 19.8 Å². The number of phosphoric acid groups is 1. The Balaban J connectivity index is 2.35. The van der Waals surface area contributed by atoms with Crippen LogP contribution in [0.1, 0.15) is 206 Å². The molecule has 0 aromatic heterocycles. The fourth-order valence-corrected chi connectivity index (χ4v) is 8.93. The van der Waals surface area contributed by atoms with Crippen molar-refractivity contribution in [3.63, 3.8) is 0 Å². The fourth-order valence-electron chi connectivity index (χ4n) is 7.96. The number of ether oxygens (including phenoxy) is 2. The molecule has 13 heteroatoms. The zero-order valence-electron chi connectivity index (χ0n) is 43.5. The summed E-state index contributed by atoms with van der Waals surface area (Å²) in [5, 5.41) is 50.4. The Morgan fingerprint density at radius 2 is 0.843 bits per heavy atom. The van der Waals surface area contributed by atoms with Crippen molar-refractivity contribution in [2.24, 2.45) is 0 Å². The molecule has 1 fully saturated rings. The van der Waals surface area contributed by atoms with Crippen LogP contribution in [0.4, 0.5) is 0 Å². The van der Waals surface area contributed by atoms with Gasteiger partial charge in [-0.3, -0.25) is 13.8 Å². The Kier molecular flexibility index (Phi) is 43.4. The number of hydrogen-bond donors (Lipinski definition) is 6. The molecule has 1 rings (SSSR count). The van der Waals surface area contributed by atoms with Crippen molar-refractivity contribution in [3.05, 3.63) is 85.1 Å². The minimum atomic E-state index is -5.05. The highest BCUT2D eigenvalue weighted by Crippen LogP contribution is 2.47. The molecule has 404 valence electrons. The van der Waals surface area contributed by atoms with Crippen LogP contribution in [-0.4, -0.2) is 98.9 Å². The first-order valence-corrected chi connectivity index (χ1v) is 28.9. The number of hydrogen-bond acceptors (Lipinski definition) is 11. The molecule has 0 radical (unpaired) electrons. The summed E-state index contributed by atoms with van der Waals surface area (Å²) >= 11 is 0. The highest BCUT2D eigenvalue weighted by atomic mass is 31.2. The maximum atomic E-state index is 12.9. The van der Waals surface area contributed by atoms with Crippen LogP contribution >= 0.6 is 7.82 Å². The van der Waals surface area contributed by atoms with E-state index in [9.17, 15) is 39.8 Å². The lowest BCUT2D eigenvalue weighted by Crippen LogP contribution is -2.64. The van der Waals surface area contributed by atoms with Gasteiger partial charge in [0.2, 0.25) is 0 Å². The standard InChI is InChI=1S/C57H99O12P/c1-3-5-7-9-11-13-15-17-19-21-23-25-26-27-28-30-32-34-36-38-40-42-44-46-51(58)68-50(49-67-70(64,65)69-57-55(62)53(60)52(59)54(61)56(57)63)48-66-47-45-43-41-39-37-35-33-31-29-24-22-20-18-16-14-12-10-8-6-4-2/h6,8,12,14,18,20-21,23-24,29,33,35,39,41,50,52-57,59-63H,3-5,7,9-11,13,15-17,19,22,25-28,30-32,34,36-38,40,42-49H2,1-2H3,(H,64,65)/b8-6-,14-12-,20-18-,23-21-,29-24-,35-33-,41-39-. The molecule has 0 aromatic carbocycles. The second-order valence-corrected chi connectivity index (χ2v) is 20.1. The Morgan fingerprint density at radius 1 is 0.471 bits per heavy atom. The summed E-state index contributed by atoms with van der Waals surface area (Å²) in [6.45, 7) is 4.02. The van der Waals surface area contributed by atoms with Crippen molar-refractivity contribution in [2.45, 2.75) is 249 Å². The Hall–Kier alpha value is -2.48. The van der Waals surface area contributed by atoms with Gasteiger partial charge in [0.25, 0.3) is 0 Å². The molecule has 6 unspecified atom stereocenters. The van der Waals surface area contributed by atoms with Gasteiger partial charge >= 0.3 is 13.8 Å². The molecule has 6 N–H and O–H groups in total. The van der Waals surface area contributed by atoms with Crippen molar-refractivity contribution in [1.82, 2.24) is 0 Å². The van der Waals surface area contributed by atoms with Crippen LogP contribution in [0.5, 0.6) is 0 Å². The molecule has 0 spiro atoms. The average Bonchev–Trinajstić information content (AvgIpc) is 3.35. The quantitative estimate of drug-likeness (QED) is 0.0147. The van der Waals surface area contributed by atoms with Crippen LogP contribution in [-0.2, 0) is 27.9 Å². The van der Waals surface area contributed by atoms with Crippen LogP contribution in [0.25, 0.3) is 0 Å². The molecule has 70 heavy (non-hydrogen) atoms. The molecule has 0 amide bonds. The lowest BCUT2D eigenvalue weighted by atomic mass is 9.85. The van der Waals surface area contributed by atoms with Crippen LogP contribution in [0, 0.1) is 0 Å². The topological polar surface area (TPSA) is 192 Å². The van der Waals surface area contributed by atoms with E-state index in [-0.39, 0.29) is 13.0 Å². The number of carbonyl (C=O) groups excluding carboxylic acids is 1. The summed E-state index contributed by atoms with van der Waals surface area (Å²) in [7, 11) is -5.05. The zero-order valence-corrected chi connectivity index (χ0v) is 44.4. The predicted molar refractivity (Wildman–Crippen MR) is 285 cm³/mol. The highest BCUT2D eigenvalue weighted by molar-refractivity contribution is 7.47. The monoisotopic (exact) mass is 1010 g/mol. The third-order valence-electron chi connectivity index (χ3n) is 12.3. The van der Waals surface area contributed by atoms with E-state index in [1.807, 2.05) is 0 Å². The predicted octanol–water partition coefficient (Wildman–Crippen LogP) is 12.9. The van der Waals surface area contributed by atoms with E-state index in [0.717, 1.165) is 64.2 Å². The summed E-state index contributed by atoms with van der Waals surface area (Å²) in [5.41, 5.74) is 0. The van der Waals surface area contributed by atoms with Gasteiger partial charge in [-0.1, -0.05) is 202 Å². The van der Waals surface area contributed by atoms with Crippen LogP contribution in [0.15, 0.2) is 85.1 Å². The average molecular weight is 1010 g/mol. The number of carbonyl (C=O) groups is 1. The molecular weight excluding hydrogens is 908 g/mol. The first-order valence-electron chi connectivity index (χ1n) is 27.4. The Labute approximate surface area is 424 Å². The SMILES string of the molecule is CC/C=C\C/C=C\C/C=C\C/C=C\C/C=C\C/C=C\CCCOCC(COP(=O)(O)OC1C(O)C(O)C(O)C(O)C1O)OC(=O)CCCCCCCCCCCCC/C=C\CCCCCCCCCC. The molecule has 0 heterocycles. The smallest absolute Gasteiger partial charge is 0.457 e. The maximum absolute atomic E-state index is 12.9. The van der Waals surface area contributed by atoms with E-state index in [1.54, 1.807) is 0 Å². The zero-order chi connectivity index (χ0) is 51.2. The second-order valence-electron chi connectivity index (χ2n) is 18.7. The summed E-state index contributed by atoms with van der Waals surface area (Å²) in [6, 6.07) is 0. The minimum Gasteiger partial charge on any atom is -0.457 e. The van der Waals surface area contributed by atoms with Gasteiger partial charge in [-0.15, -0.1) is 0 Å². The van der Waals surface area contributed by atoms with Gasteiger partial charge in [-0.2, -0.15) is 0 Å². The van der Waals surface area contributed by atoms with E-state index in [1.165, 1.54) is 109 Å². The summed E-state index contributed by atoms with van der Waals surface area (Å²) in [4.78, 5) is 23.3. The van der Waals surface area contributed by atoms with Crippen molar-refractivity contribution < 1.29 is 58.3 Å². The summed E-state index contributed by atoms with van der Waals surface area (Å²) < 4.78 is 34.3. The number of esters is 1. The van der Waals surface area contributed by atoms with Gasteiger partial charge in [-0.05, 0) is 83.5 Å². The van der Waals surface area contributed by atoms with Crippen molar-refractivity contribution in [3.8, 4) is 0 Å². The Bertz CT molecular complexity index is 1480. The highest BCUT2D eigenvalue weighted by Gasteiger charge is 2.51. The van der Waals surface area contributed by atoms with E-state index >= 15 is 0 Å². The molecule has 0 aromatic rings. The first kappa shape index (κ1) is 65.5. The van der Waals surface area contributed by atoms with Crippen molar-refractivity contribution >= 4 is 13.8 Å². The molecule has 1 saturated carbocycles. The number of aliphatic hydroxyl groups excluding tert-OH is 5. The molecule has 1 aliphatic rings. The van der Waals surface area contributed by atoms with E-state index in [0.29, 0.717) is 19.4 Å². The maximum Gasteiger partial charge on any atom is 0.472 e. The van der Waals surface area contributed by atoms with Gasteiger partial charge < -0.3 is 39.9 Å². The lowest BCUT2D eigenvalue weighted by Gasteiger charge is -2.41. The summed E-state index contributed by atoms with van der Waals surface area (Å²) in [5.74, 6) is -0.499. The third-order valence-corrected chi connectivity index (χ3v) is 13.2. The number of phosphoric ester groups is 1. The molecular formula is C57H99O12P. The van der Waals surface area contributed by atoms with Gasteiger partial charge in [0.05, 0.1) is 13.2 Å². The fraction of sp³-hybridized carbons (Fsp3) is 0.737. The molecule has 1 aliphatic carbocycles. The third kappa shape index (κ3) is 37.3. The molecule has 0 aliphatic heterocycles. The Morgan fingerprint density at radius 3 is 1.30 bits per heavy atom. The molecule has 6 atom stereocenters. The van der Waals surface area contributed by atoms with Crippen LogP contribution in [0.3, 0.4) is 0 Å². The van der Waals surface area contributed by atoms with Crippen molar-refractivity contribution in [1.29, 1.82) is 0 Å². The van der Waals surface area contributed by atoms with E-state index in [4.69, 9.17) is 18.5 Å². The summed E-state index contributed by atoms with van der Waals surface area (Å²) in [6.07, 6.45) is 50.9. The van der Waals surface area contributed by atoms with Gasteiger partial charge in [-0.25, -0.2) is 4.57 Å². The molecule has 12 nitrogen and oxygen atoms in total. The van der Waals surface area contributed by atoms with E-state index in [2.05, 4.69) is 98.9 Å². The van der Waals surface area contributed by atoms with Gasteiger partial charge in [0.15, 0.2) is 0 Å². The normalized spacial score (nSPS) is 21.5. The van der Waals surface area contributed by atoms with Gasteiger partial charge in [0.1, 0.15) is 42.7 Å². The lowest BCUT2D eigenvalue weighted by molar-refractivity contribution is -0.220. The van der Waals surface area contributed by atoms with Crippen LogP contribution in [0.2, 0.25) is 0 Å². The van der Waals surface area contributed by atoms with Crippen LogP contribution < -0.4 is 0 Å². The largest absolute Gasteiger partial charge is 0.472 e. The number of unbranched alkanes of at least 4 members (excludes halogenated alkanes) is 20. The second kappa shape index (κ2) is 46.3. The number of allylic oxidation sites excluding steroid dienone is 14. The molecule has 0 bridgehead atoms.